The van der Waals surface area contributed by atoms with E-state index in [1.54, 1.807) is 6.33 Å². The van der Waals surface area contributed by atoms with Gasteiger partial charge in [0.1, 0.15) is 18.5 Å². The predicted octanol–water partition coefficient (Wildman–Crippen LogP) is 2.96. The molecule has 0 bridgehead atoms. The Bertz CT molecular complexity index is 941. The molecule has 5 heteroatoms. The van der Waals surface area contributed by atoms with Crippen molar-refractivity contribution in [3.8, 4) is 5.75 Å². The zero-order chi connectivity index (χ0) is 15.6. The van der Waals surface area contributed by atoms with Crippen LogP contribution < -0.4 is 4.74 Å². The second-order valence-electron chi connectivity index (χ2n) is 5.55. The highest BCUT2D eigenvalue weighted by Crippen LogP contribution is 2.24. The predicted molar refractivity (Wildman–Crippen MR) is 89.5 cm³/mol. The van der Waals surface area contributed by atoms with Crippen molar-refractivity contribution >= 4 is 21.9 Å². The zero-order valence-corrected chi connectivity index (χ0v) is 12.5. The molecule has 0 fully saturated rings. The van der Waals surface area contributed by atoms with Crippen LogP contribution in [0.1, 0.15) is 0 Å². The van der Waals surface area contributed by atoms with Gasteiger partial charge in [0.2, 0.25) is 0 Å². The number of benzene rings is 2. The Kier molecular flexibility index (Phi) is 3.48. The van der Waals surface area contributed by atoms with Gasteiger partial charge in [-0.3, -0.25) is 0 Å². The summed E-state index contributed by atoms with van der Waals surface area (Å²) in [7, 11) is 0. The Labute approximate surface area is 133 Å². The minimum absolute atomic E-state index is 0.233. The van der Waals surface area contributed by atoms with Crippen molar-refractivity contribution < 1.29 is 9.84 Å². The van der Waals surface area contributed by atoms with Gasteiger partial charge in [0.25, 0.3) is 0 Å². The second-order valence-corrected chi connectivity index (χ2v) is 5.55. The van der Waals surface area contributed by atoms with Crippen LogP contribution in [-0.4, -0.2) is 32.4 Å². The van der Waals surface area contributed by atoms with Crippen LogP contribution in [0.15, 0.2) is 61.1 Å². The number of aromatic nitrogens is 3. The monoisotopic (exact) mass is 307 g/mol. The van der Waals surface area contributed by atoms with Gasteiger partial charge < -0.3 is 19.4 Å². The molecule has 23 heavy (non-hydrogen) atoms. The summed E-state index contributed by atoms with van der Waals surface area (Å²) in [5.41, 5.74) is 2.97. The van der Waals surface area contributed by atoms with Gasteiger partial charge in [-0.1, -0.05) is 18.2 Å². The molecule has 2 heterocycles. The number of hydrogen-bond acceptors (Lipinski definition) is 3. The molecular weight excluding hydrogens is 290 g/mol. The summed E-state index contributed by atoms with van der Waals surface area (Å²) in [5, 5.41) is 11.3. The number of H-pyrrole nitrogens is 1. The maximum absolute atomic E-state index is 10.3. The average molecular weight is 307 g/mol. The van der Waals surface area contributed by atoms with Crippen molar-refractivity contribution in [3.63, 3.8) is 0 Å². The Hall–Kier alpha value is -2.79. The molecule has 0 aliphatic rings. The Morgan fingerprint density at radius 3 is 3.00 bits per heavy atom. The summed E-state index contributed by atoms with van der Waals surface area (Å²) in [5.74, 6) is 0.776. The van der Waals surface area contributed by atoms with Gasteiger partial charge >= 0.3 is 0 Å². The zero-order valence-electron chi connectivity index (χ0n) is 12.5. The van der Waals surface area contributed by atoms with E-state index in [0.717, 1.165) is 27.7 Å². The van der Waals surface area contributed by atoms with E-state index < -0.39 is 6.10 Å². The molecule has 0 radical (unpaired) electrons. The lowest BCUT2D eigenvalue weighted by Crippen LogP contribution is -2.23. The smallest absolute Gasteiger partial charge is 0.128 e. The molecule has 4 aromatic rings. The van der Waals surface area contributed by atoms with Crippen molar-refractivity contribution in [2.24, 2.45) is 0 Å². The molecule has 0 saturated heterocycles. The molecule has 2 aromatic heterocycles. The maximum Gasteiger partial charge on any atom is 0.128 e. The van der Waals surface area contributed by atoms with Crippen molar-refractivity contribution in [3.05, 3.63) is 61.1 Å². The molecule has 0 aliphatic carbocycles. The number of fused-ring (bicyclic) bond motifs is 2. The largest absolute Gasteiger partial charge is 0.490 e. The minimum atomic E-state index is -0.609. The fourth-order valence-electron chi connectivity index (χ4n) is 2.80. The number of imidazole rings is 1. The topological polar surface area (TPSA) is 63.1 Å². The highest BCUT2D eigenvalue weighted by molar-refractivity contribution is 5.85. The molecule has 2 aromatic carbocycles. The van der Waals surface area contributed by atoms with Gasteiger partial charge in [0.05, 0.1) is 23.9 Å². The SMILES string of the molecule is OC(COc1cccc2[nH]ccc12)Cn1cnc2ccccc21. The quantitative estimate of drug-likeness (QED) is 0.596. The number of aliphatic hydroxyl groups is 1. The van der Waals surface area contributed by atoms with E-state index in [1.807, 2.05) is 59.3 Å². The van der Waals surface area contributed by atoms with Gasteiger partial charge in [-0.2, -0.15) is 0 Å². The lowest BCUT2D eigenvalue weighted by atomic mass is 10.2. The van der Waals surface area contributed by atoms with Gasteiger partial charge in [-0.05, 0) is 30.3 Å². The van der Waals surface area contributed by atoms with Crippen molar-refractivity contribution in [2.75, 3.05) is 6.61 Å². The van der Waals surface area contributed by atoms with Crippen molar-refractivity contribution in [2.45, 2.75) is 12.6 Å². The normalized spacial score (nSPS) is 12.7. The lowest BCUT2D eigenvalue weighted by molar-refractivity contribution is 0.0942. The first-order valence-electron chi connectivity index (χ1n) is 7.58. The number of aromatic amines is 1. The highest BCUT2D eigenvalue weighted by atomic mass is 16.5. The molecule has 116 valence electrons. The molecule has 0 spiro atoms. The Morgan fingerprint density at radius 1 is 1.13 bits per heavy atom. The van der Waals surface area contributed by atoms with Gasteiger partial charge in [0, 0.05) is 17.1 Å². The van der Waals surface area contributed by atoms with Crippen LogP contribution in [0.2, 0.25) is 0 Å². The number of aliphatic hydroxyl groups excluding tert-OH is 1. The highest BCUT2D eigenvalue weighted by Gasteiger charge is 2.10. The van der Waals surface area contributed by atoms with Crippen LogP contribution in [0, 0.1) is 0 Å². The average Bonchev–Trinajstić information content (AvgIpc) is 3.20. The van der Waals surface area contributed by atoms with E-state index in [4.69, 9.17) is 4.74 Å². The fraction of sp³-hybridized carbons (Fsp3) is 0.167. The lowest BCUT2D eigenvalue weighted by Gasteiger charge is -2.14. The molecule has 0 amide bonds. The second kappa shape index (κ2) is 5.78. The number of rotatable bonds is 5. The van der Waals surface area contributed by atoms with E-state index in [1.165, 1.54) is 0 Å². The molecule has 5 nitrogen and oxygen atoms in total. The third-order valence-electron chi connectivity index (χ3n) is 3.92. The van der Waals surface area contributed by atoms with Crippen LogP contribution >= 0.6 is 0 Å². The molecule has 1 unspecified atom stereocenters. The molecule has 0 aliphatic heterocycles. The number of para-hydroxylation sites is 2. The summed E-state index contributed by atoms with van der Waals surface area (Å²) in [6, 6.07) is 15.7. The van der Waals surface area contributed by atoms with E-state index in [2.05, 4.69) is 9.97 Å². The summed E-state index contributed by atoms with van der Waals surface area (Å²) < 4.78 is 7.74. The molecule has 4 rings (SSSR count). The number of hydrogen-bond donors (Lipinski definition) is 2. The first kappa shape index (κ1) is 13.8. The van der Waals surface area contributed by atoms with Gasteiger partial charge in [0.15, 0.2) is 0 Å². The number of ether oxygens (including phenoxy) is 1. The fourth-order valence-corrected chi connectivity index (χ4v) is 2.80. The van der Waals surface area contributed by atoms with E-state index in [-0.39, 0.29) is 6.61 Å². The van der Waals surface area contributed by atoms with Gasteiger partial charge in [-0.25, -0.2) is 4.98 Å². The number of nitrogens with zero attached hydrogens (tertiary/aromatic N) is 2. The summed E-state index contributed by atoms with van der Waals surface area (Å²) in [4.78, 5) is 7.48. The van der Waals surface area contributed by atoms with Crippen LogP contribution in [0.5, 0.6) is 5.75 Å². The standard InChI is InChI=1S/C18H17N3O2/c22-13(10-21-12-20-16-4-1-2-6-17(16)21)11-23-18-7-3-5-15-14(18)8-9-19-15/h1-9,12-13,19,22H,10-11H2. The molecule has 0 saturated carbocycles. The summed E-state index contributed by atoms with van der Waals surface area (Å²) in [6.45, 7) is 0.681. The minimum Gasteiger partial charge on any atom is -0.490 e. The van der Waals surface area contributed by atoms with Crippen LogP contribution in [0.3, 0.4) is 0 Å². The third kappa shape index (κ3) is 2.66. The molecular formula is C18H17N3O2. The van der Waals surface area contributed by atoms with Crippen LogP contribution in [0.25, 0.3) is 21.9 Å². The van der Waals surface area contributed by atoms with Gasteiger partial charge in [-0.15, -0.1) is 0 Å². The van der Waals surface area contributed by atoms with E-state index in [9.17, 15) is 5.11 Å². The first-order chi connectivity index (χ1) is 11.3. The van der Waals surface area contributed by atoms with Crippen LogP contribution in [-0.2, 0) is 6.54 Å². The maximum atomic E-state index is 10.3. The number of nitrogens with one attached hydrogen (secondary N) is 1. The molecule has 2 N–H and O–H groups in total. The van der Waals surface area contributed by atoms with Crippen molar-refractivity contribution in [1.82, 2.24) is 14.5 Å². The Morgan fingerprint density at radius 2 is 2.04 bits per heavy atom. The Balaban J connectivity index is 1.46. The first-order valence-corrected chi connectivity index (χ1v) is 7.58. The van der Waals surface area contributed by atoms with Crippen molar-refractivity contribution in [1.29, 1.82) is 0 Å². The summed E-state index contributed by atoms with van der Waals surface area (Å²) >= 11 is 0. The van der Waals surface area contributed by atoms with E-state index in [0.29, 0.717) is 6.54 Å². The molecule has 1 atom stereocenters. The third-order valence-corrected chi connectivity index (χ3v) is 3.92. The summed E-state index contributed by atoms with van der Waals surface area (Å²) in [6.07, 6.45) is 3.02. The van der Waals surface area contributed by atoms with E-state index >= 15 is 0 Å². The van der Waals surface area contributed by atoms with Crippen LogP contribution in [0.4, 0.5) is 0 Å².